The van der Waals surface area contributed by atoms with Crippen LogP contribution in [0, 0.1) is 23.7 Å². The van der Waals surface area contributed by atoms with Crippen LogP contribution in [0.25, 0.3) is 0 Å². The summed E-state index contributed by atoms with van der Waals surface area (Å²) < 4.78 is 0. The third-order valence-corrected chi connectivity index (χ3v) is 15.4. The van der Waals surface area contributed by atoms with E-state index in [2.05, 4.69) is 79.5 Å². The fraction of sp³-hybridized carbons (Fsp3) is 0.837. The van der Waals surface area contributed by atoms with Gasteiger partial charge in [-0.05, 0) is 92.4 Å². The minimum absolute atomic E-state index is 0. The summed E-state index contributed by atoms with van der Waals surface area (Å²) >= 11 is 0. The van der Waals surface area contributed by atoms with Crippen molar-refractivity contribution in [1.82, 2.24) is 45.3 Å². The molecule has 0 spiro atoms. The van der Waals surface area contributed by atoms with Crippen molar-refractivity contribution in [3.63, 3.8) is 0 Å². The molecule has 6 fully saturated rings. The summed E-state index contributed by atoms with van der Waals surface area (Å²) in [6, 6.07) is 1.71. The zero-order valence-electron chi connectivity index (χ0n) is 40.4. The minimum atomic E-state index is -0.650. The van der Waals surface area contributed by atoms with Gasteiger partial charge in [0.25, 0.3) is 0 Å². The number of hydrogen-bond donors (Lipinski definition) is 5. The van der Waals surface area contributed by atoms with Crippen LogP contribution in [0.5, 0.6) is 0 Å². The van der Waals surface area contributed by atoms with E-state index < -0.39 is 23.9 Å². The second kappa shape index (κ2) is 29.1. The molecule has 66 heavy (non-hydrogen) atoms. The number of hydrogen-bond acceptors (Lipinski definition) is 13. The van der Waals surface area contributed by atoms with E-state index in [-0.39, 0.29) is 37.2 Å². The third kappa shape index (κ3) is 18.5. The van der Waals surface area contributed by atoms with Gasteiger partial charge in [-0.1, -0.05) is 44.6 Å². The number of allylic oxidation sites excluding steroid dienone is 2. The van der Waals surface area contributed by atoms with E-state index in [1.54, 1.807) is 0 Å². The summed E-state index contributed by atoms with van der Waals surface area (Å²) in [6.45, 7) is 17.5. The largest absolute Gasteiger partial charge is 0.481 e. The van der Waals surface area contributed by atoms with Crippen LogP contribution in [0.15, 0.2) is 24.3 Å². The molecule has 8 aliphatic rings. The lowest BCUT2D eigenvalue weighted by molar-refractivity contribution is -0.144. The second-order valence-corrected chi connectivity index (χ2v) is 20.1. The molecular formula is C49H91N9O8. The predicted octanol–water partition coefficient (Wildman–Crippen LogP) is 3.86. The number of nitrogens with zero attached hydrogens (tertiary/aromatic N) is 8. The average Bonchev–Trinajstić information content (AvgIpc) is 3.31. The maximum absolute atomic E-state index is 11.0. The van der Waals surface area contributed by atoms with Gasteiger partial charge in [-0.3, -0.25) is 38.8 Å². The highest BCUT2D eigenvalue weighted by Crippen LogP contribution is 2.30. The quantitative estimate of drug-likeness (QED) is 0.219. The van der Waals surface area contributed by atoms with Gasteiger partial charge in [-0.25, -0.2) is 0 Å². The topological polar surface area (TPSA) is 210 Å². The Labute approximate surface area is 397 Å². The molecule has 2 saturated carbocycles. The van der Waals surface area contributed by atoms with Gasteiger partial charge in [-0.15, -0.1) is 0 Å². The van der Waals surface area contributed by atoms with Crippen molar-refractivity contribution in [3.8, 4) is 0 Å². The molecule has 0 amide bonds. The van der Waals surface area contributed by atoms with Crippen molar-refractivity contribution < 1.29 is 39.6 Å². The highest BCUT2D eigenvalue weighted by molar-refractivity contribution is 5.71. The van der Waals surface area contributed by atoms with Crippen molar-refractivity contribution in [2.24, 2.45) is 23.7 Å². The Morgan fingerprint density at radius 2 is 0.667 bits per heavy atom. The normalized spacial score (nSPS) is 32.3. The molecule has 17 nitrogen and oxygen atoms in total. The zero-order valence-corrected chi connectivity index (χ0v) is 40.4. The standard InChI is InChI=1S/2C12H22N2O2.2C12H20N2O2.CH4.H3N/c4*1-13-5-7-14(8-6-13)11-4-2-3-10(9-11)12(15)16;;/h2*10-11H,2-9H2,1H3,(H,15,16);2*2,4,10-11H,3,5-9H2,1H3,(H,15,16);1H4;1H3/t4*10-,11+;;/m1010../s1. The van der Waals surface area contributed by atoms with E-state index in [0.29, 0.717) is 37.0 Å². The van der Waals surface area contributed by atoms with Crippen LogP contribution >= 0.6 is 0 Å². The molecule has 0 aromatic carbocycles. The average molecular weight is 934 g/mol. The summed E-state index contributed by atoms with van der Waals surface area (Å²) in [4.78, 5) is 63.1. The van der Waals surface area contributed by atoms with E-state index in [4.69, 9.17) is 20.4 Å². The van der Waals surface area contributed by atoms with Crippen LogP contribution < -0.4 is 6.15 Å². The molecule has 7 N–H and O–H groups in total. The molecule has 0 aromatic rings. The number of carboxylic acid groups (broad SMARTS) is 4. The third-order valence-electron chi connectivity index (χ3n) is 15.4. The molecule has 0 bridgehead atoms. The van der Waals surface area contributed by atoms with Gasteiger partial charge in [0.05, 0.1) is 23.7 Å². The Kier molecular flexibility index (Phi) is 25.3. The smallest absolute Gasteiger partial charge is 0.306 e. The lowest BCUT2D eigenvalue weighted by Gasteiger charge is -2.40. The highest BCUT2D eigenvalue weighted by Gasteiger charge is 2.34. The van der Waals surface area contributed by atoms with Crippen molar-refractivity contribution >= 4 is 23.9 Å². The zero-order chi connectivity index (χ0) is 46.2. The summed E-state index contributed by atoms with van der Waals surface area (Å²) in [5.41, 5.74) is 0. The summed E-state index contributed by atoms with van der Waals surface area (Å²) in [5, 5.41) is 36.2. The van der Waals surface area contributed by atoms with Crippen LogP contribution in [0.2, 0.25) is 0 Å². The fourth-order valence-electron chi connectivity index (χ4n) is 10.8. The first-order valence-corrected chi connectivity index (χ1v) is 24.6. The molecule has 0 aromatic heterocycles. The molecule has 0 unspecified atom stereocenters. The minimum Gasteiger partial charge on any atom is -0.481 e. The molecule has 8 rings (SSSR count). The van der Waals surface area contributed by atoms with Crippen molar-refractivity contribution in [1.29, 1.82) is 0 Å². The number of rotatable bonds is 8. The van der Waals surface area contributed by atoms with Crippen molar-refractivity contribution in [2.45, 2.75) is 109 Å². The number of carboxylic acids is 4. The number of likely N-dealkylation sites (N-methyl/N-ethyl adjacent to an activating group) is 4. The molecule has 8 atom stereocenters. The fourth-order valence-corrected chi connectivity index (χ4v) is 10.8. The maximum Gasteiger partial charge on any atom is 0.306 e. The van der Waals surface area contributed by atoms with Crippen LogP contribution in [-0.2, 0) is 19.2 Å². The summed E-state index contributed by atoms with van der Waals surface area (Å²) in [7, 11) is 8.57. The van der Waals surface area contributed by atoms with E-state index in [9.17, 15) is 19.2 Å². The van der Waals surface area contributed by atoms with Gasteiger partial charge in [0.1, 0.15) is 0 Å². The highest BCUT2D eigenvalue weighted by atomic mass is 16.4. The Bertz CT molecular complexity index is 1400. The first kappa shape index (κ1) is 57.3. The molecule has 4 heterocycles. The van der Waals surface area contributed by atoms with Crippen molar-refractivity contribution in [2.75, 3.05) is 133 Å². The number of carbonyl (C=O) groups is 4. The molecule has 17 heteroatoms. The lowest BCUT2D eigenvalue weighted by Crippen LogP contribution is -2.50. The van der Waals surface area contributed by atoms with Crippen LogP contribution in [0.3, 0.4) is 0 Å². The maximum atomic E-state index is 11.0. The van der Waals surface area contributed by atoms with Crippen LogP contribution in [-0.4, -0.2) is 241 Å². The lowest BCUT2D eigenvalue weighted by atomic mass is 9.85. The molecular weight excluding hydrogens is 843 g/mol. The van der Waals surface area contributed by atoms with E-state index in [0.717, 1.165) is 156 Å². The van der Waals surface area contributed by atoms with Crippen LogP contribution in [0.4, 0.5) is 0 Å². The Morgan fingerprint density at radius 3 is 0.939 bits per heavy atom. The number of piperazine rings is 4. The molecule has 4 aliphatic heterocycles. The second-order valence-electron chi connectivity index (χ2n) is 20.1. The van der Waals surface area contributed by atoms with Gasteiger partial charge < -0.3 is 46.2 Å². The van der Waals surface area contributed by atoms with Gasteiger partial charge in [0.15, 0.2) is 0 Å². The first-order chi connectivity index (χ1) is 30.7. The molecule has 0 radical (unpaired) electrons. The molecule has 380 valence electrons. The van der Waals surface area contributed by atoms with Gasteiger partial charge in [0.2, 0.25) is 0 Å². The van der Waals surface area contributed by atoms with Gasteiger partial charge in [0, 0.05) is 129 Å². The van der Waals surface area contributed by atoms with E-state index in [1.165, 1.54) is 12.8 Å². The summed E-state index contributed by atoms with van der Waals surface area (Å²) in [5.74, 6) is -3.06. The molecule has 4 saturated heterocycles. The van der Waals surface area contributed by atoms with Crippen LogP contribution in [0.1, 0.15) is 84.5 Å². The number of aliphatic carboxylic acids is 4. The Morgan fingerprint density at radius 1 is 0.394 bits per heavy atom. The first-order valence-electron chi connectivity index (χ1n) is 24.6. The monoisotopic (exact) mass is 934 g/mol. The predicted molar refractivity (Wildman–Crippen MR) is 261 cm³/mol. The Balaban J connectivity index is 0.000000231. The SMILES string of the molecule is C.CN1CCN([C@@H]2C=CC[C@H](C(=O)O)C2)CC1.CN1CCN([C@@H]2CCC[C@H](C(=O)O)C2)CC1.CN1CCN([C@H]2C=CC[C@@H](C(=O)O)C2)CC1.CN1CCN([C@H]2CCC[C@@H](C(=O)O)C2)CC1.N. The van der Waals surface area contributed by atoms with Gasteiger partial charge >= 0.3 is 23.9 Å². The van der Waals surface area contributed by atoms with Gasteiger partial charge in [-0.2, -0.15) is 0 Å². The molecule has 4 aliphatic carbocycles. The van der Waals surface area contributed by atoms with Crippen molar-refractivity contribution in [3.05, 3.63) is 24.3 Å². The van der Waals surface area contributed by atoms with E-state index >= 15 is 0 Å². The summed E-state index contributed by atoms with van der Waals surface area (Å²) in [6.07, 6.45) is 19.4. The van der Waals surface area contributed by atoms with E-state index in [1.807, 2.05) is 12.2 Å². The Hall–Kier alpha value is -3.00.